The minimum absolute atomic E-state index is 0.861. The third-order valence-corrected chi connectivity index (χ3v) is 3.72. The maximum absolute atomic E-state index is 5.89. The number of hydrogen-bond donors (Lipinski definition) is 2. The molecule has 1 fully saturated rings. The van der Waals surface area contributed by atoms with Crippen LogP contribution in [0.1, 0.15) is 5.56 Å². The SMILES string of the molecule is Cc1c(N)cccc1NCCN1CCN(C)CC1. The zero-order valence-corrected chi connectivity index (χ0v) is 11.4. The molecule has 0 saturated carbocycles. The Bertz CT molecular complexity index is 383. The molecule has 18 heavy (non-hydrogen) atoms. The second-order valence-corrected chi connectivity index (χ2v) is 5.09. The molecule has 0 radical (unpaired) electrons. The lowest BCUT2D eigenvalue weighted by molar-refractivity contribution is 0.158. The molecule has 1 aliphatic heterocycles. The van der Waals surface area contributed by atoms with Gasteiger partial charge in [-0.15, -0.1) is 0 Å². The summed E-state index contributed by atoms with van der Waals surface area (Å²) in [5.74, 6) is 0. The van der Waals surface area contributed by atoms with E-state index in [4.69, 9.17) is 5.73 Å². The average molecular weight is 248 g/mol. The van der Waals surface area contributed by atoms with Crippen molar-refractivity contribution < 1.29 is 0 Å². The van der Waals surface area contributed by atoms with Gasteiger partial charge in [-0.25, -0.2) is 0 Å². The van der Waals surface area contributed by atoms with Crippen molar-refractivity contribution >= 4 is 11.4 Å². The number of anilines is 2. The van der Waals surface area contributed by atoms with Crippen molar-refractivity contribution in [1.29, 1.82) is 0 Å². The number of nitrogen functional groups attached to an aromatic ring is 1. The van der Waals surface area contributed by atoms with Crippen LogP contribution >= 0.6 is 0 Å². The number of nitrogens with zero attached hydrogens (tertiary/aromatic N) is 2. The molecule has 2 rings (SSSR count). The van der Waals surface area contributed by atoms with Gasteiger partial charge in [0.2, 0.25) is 0 Å². The predicted molar refractivity (Wildman–Crippen MR) is 78.0 cm³/mol. The van der Waals surface area contributed by atoms with Crippen LogP contribution in [0.3, 0.4) is 0 Å². The van der Waals surface area contributed by atoms with E-state index >= 15 is 0 Å². The summed E-state index contributed by atoms with van der Waals surface area (Å²) in [4.78, 5) is 4.89. The Hall–Kier alpha value is -1.26. The quantitative estimate of drug-likeness (QED) is 0.787. The Kier molecular flexibility index (Phi) is 4.44. The Morgan fingerprint density at radius 2 is 1.94 bits per heavy atom. The second-order valence-electron chi connectivity index (χ2n) is 5.09. The lowest BCUT2D eigenvalue weighted by Gasteiger charge is -2.32. The molecular weight excluding hydrogens is 224 g/mol. The number of piperazine rings is 1. The Balaban J connectivity index is 1.77. The van der Waals surface area contributed by atoms with Crippen LogP contribution in [0.2, 0.25) is 0 Å². The highest BCUT2D eigenvalue weighted by molar-refractivity contribution is 5.62. The molecule has 4 heteroatoms. The van der Waals surface area contributed by atoms with E-state index in [0.717, 1.165) is 30.0 Å². The fraction of sp³-hybridized carbons (Fsp3) is 0.571. The average Bonchev–Trinajstić information content (AvgIpc) is 2.37. The van der Waals surface area contributed by atoms with Gasteiger partial charge in [0.15, 0.2) is 0 Å². The number of likely N-dealkylation sites (N-methyl/N-ethyl adjacent to an activating group) is 1. The van der Waals surface area contributed by atoms with Crippen molar-refractivity contribution in [2.75, 3.05) is 57.4 Å². The van der Waals surface area contributed by atoms with E-state index in [9.17, 15) is 0 Å². The van der Waals surface area contributed by atoms with Crippen LogP contribution < -0.4 is 11.1 Å². The molecule has 0 amide bonds. The number of nitrogens with one attached hydrogen (secondary N) is 1. The van der Waals surface area contributed by atoms with E-state index in [1.165, 1.54) is 26.2 Å². The standard InChI is InChI=1S/C14H24N4/c1-12-13(15)4-3-5-14(12)16-6-7-18-10-8-17(2)9-11-18/h3-5,16H,6-11,15H2,1-2H3. The Morgan fingerprint density at radius 3 is 2.67 bits per heavy atom. The van der Waals surface area contributed by atoms with Crippen molar-refractivity contribution in [3.8, 4) is 0 Å². The summed E-state index contributed by atoms with van der Waals surface area (Å²) < 4.78 is 0. The summed E-state index contributed by atoms with van der Waals surface area (Å²) in [7, 11) is 2.19. The lowest BCUT2D eigenvalue weighted by atomic mass is 10.1. The Morgan fingerprint density at radius 1 is 1.22 bits per heavy atom. The fourth-order valence-electron chi connectivity index (χ4n) is 2.27. The zero-order chi connectivity index (χ0) is 13.0. The molecule has 0 bridgehead atoms. The van der Waals surface area contributed by atoms with Crippen LogP contribution in [0.5, 0.6) is 0 Å². The molecule has 1 aromatic carbocycles. The molecule has 3 N–H and O–H groups in total. The summed E-state index contributed by atoms with van der Waals surface area (Å²) in [5.41, 5.74) is 9.06. The number of nitrogens with two attached hydrogens (primary N) is 1. The van der Waals surface area contributed by atoms with E-state index in [-0.39, 0.29) is 0 Å². The van der Waals surface area contributed by atoms with E-state index in [0.29, 0.717) is 0 Å². The van der Waals surface area contributed by atoms with Gasteiger partial charge < -0.3 is 16.0 Å². The summed E-state index contributed by atoms with van der Waals surface area (Å²) in [6.07, 6.45) is 0. The number of benzene rings is 1. The van der Waals surface area contributed by atoms with Gasteiger partial charge in [0, 0.05) is 50.6 Å². The molecule has 0 atom stereocenters. The molecular formula is C14H24N4. The van der Waals surface area contributed by atoms with Gasteiger partial charge in [-0.05, 0) is 31.7 Å². The monoisotopic (exact) mass is 248 g/mol. The van der Waals surface area contributed by atoms with Crippen molar-refractivity contribution in [2.24, 2.45) is 0 Å². The van der Waals surface area contributed by atoms with Crippen molar-refractivity contribution in [3.63, 3.8) is 0 Å². The normalized spacial score (nSPS) is 17.9. The molecule has 1 aromatic rings. The summed E-state index contributed by atoms with van der Waals surface area (Å²) in [5, 5.41) is 3.48. The second kappa shape index (κ2) is 6.07. The largest absolute Gasteiger partial charge is 0.398 e. The third-order valence-electron chi connectivity index (χ3n) is 3.72. The molecule has 1 aliphatic rings. The maximum atomic E-state index is 5.89. The maximum Gasteiger partial charge on any atom is 0.0391 e. The van der Waals surface area contributed by atoms with Gasteiger partial charge in [0.1, 0.15) is 0 Å². The third kappa shape index (κ3) is 3.37. The Labute approximate surface area is 110 Å². The zero-order valence-electron chi connectivity index (χ0n) is 11.4. The highest BCUT2D eigenvalue weighted by Crippen LogP contribution is 2.19. The van der Waals surface area contributed by atoms with Crippen molar-refractivity contribution in [3.05, 3.63) is 23.8 Å². The van der Waals surface area contributed by atoms with Gasteiger partial charge >= 0.3 is 0 Å². The van der Waals surface area contributed by atoms with E-state index in [2.05, 4.69) is 35.2 Å². The minimum Gasteiger partial charge on any atom is -0.398 e. The summed E-state index contributed by atoms with van der Waals surface area (Å²) in [6.45, 7) is 8.85. The van der Waals surface area contributed by atoms with Crippen LogP contribution in [-0.4, -0.2) is 56.1 Å². The highest BCUT2D eigenvalue weighted by atomic mass is 15.2. The van der Waals surface area contributed by atoms with E-state index < -0.39 is 0 Å². The van der Waals surface area contributed by atoms with Gasteiger partial charge in [-0.2, -0.15) is 0 Å². The molecule has 4 nitrogen and oxygen atoms in total. The molecule has 1 saturated heterocycles. The van der Waals surface area contributed by atoms with Gasteiger partial charge in [0.25, 0.3) is 0 Å². The van der Waals surface area contributed by atoms with Crippen LogP contribution in [0.25, 0.3) is 0 Å². The van der Waals surface area contributed by atoms with Crippen LogP contribution in [0.15, 0.2) is 18.2 Å². The highest BCUT2D eigenvalue weighted by Gasteiger charge is 2.12. The van der Waals surface area contributed by atoms with E-state index in [1.807, 2.05) is 12.1 Å². The first-order chi connectivity index (χ1) is 8.66. The summed E-state index contributed by atoms with van der Waals surface area (Å²) in [6, 6.07) is 6.04. The fourth-order valence-corrected chi connectivity index (χ4v) is 2.27. The van der Waals surface area contributed by atoms with Crippen LogP contribution in [-0.2, 0) is 0 Å². The lowest BCUT2D eigenvalue weighted by Crippen LogP contribution is -2.45. The molecule has 0 unspecified atom stereocenters. The first kappa shape index (κ1) is 13.2. The van der Waals surface area contributed by atoms with E-state index in [1.54, 1.807) is 0 Å². The van der Waals surface area contributed by atoms with Crippen LogP contribution in [0, 0.1) is 6.92 Å². The summed E-state index contributed by atoms with van der Waals surface area (Å²) >= 11 is 0. The van der Waals surface area contributed by atoms with Crippen LogP contribution in [0.4, 0.5) is 11.4 Å². The molecule has 1 heterocycles. The molecule has 0 aromatic heterocycles. The van der Waals surface area contributed by atoms with Gasteiger partial charge in [-0.1, -0.05) is 6.07 Å². The topological polar surface area (TPSA) is 44.5 Å². The first-order valence-electron chi connectivity index (χ1n) is 6.66. The molecule has 100 valence electrons. The molecule has 0 aliphatic carbocycles. The van der Waals surface area contributed by atoms with Crippen molar-refractivity contribution in [1.82, 2.24) is 9.80 Å². The smallest absolute Gasteiger partial charge is 0.0391 e. The predicted octanol–water partition coefficient (Wildman–Crippen LogP) is 1.24. The van der Waals surface area contributed by atoms with Crippen molar-refractivity contribution in [2.45, 2.75) is 6.92 Å². The number of hydrogen-bond acceptors (Lipinski definition) is 4. The van der Waals surface area contributed by atoms with Gasteiger partial charge in [0.05, 0.1) is 0 Å². The molecule has 0 spiro atoms. The minimum atomic E-state index is 0.861. The van der Waals surface area contributed by atoms with Gasteiger partial charge in [-0.3, -0.25) is 4.90 Å². The first-order valence-corrected chi connectivity index (χ1v) is 6.66. The number of rotatable bonds is 4.